The summed E-state index contributed by atoms with van der Waals surface area (Å²) >= 11 is 0. The molecule has 0 bridgehead atoms. The minimum Gasteiger partial charge on any atom is -0.496 e. The molecule has 2 aromatic carbocycles. The van der Waals surface area contributed by atoms with Crippen LogP contribution in [0.4, 0.5) is 0 Å². The zero-order valence-corrected chi connectivity index (χ0v) is 11.5. The van der Waals surface area contributed by atoms with Crippen LogP contribution in [0.3, 0.4) is 0 Å². The van der Waals surface area contributed by atoms with E-state index in [1.807, 2.05) is 30.3 Å². The molecule has 1 heterocycles. The van der Waals surface area contributed by atoms with Gasteiger partial charge in [-0.05, 0) is 23.6 Å². The molecule has 3 aromatic rings. The minimum atomic E-state index is 0.110. The van der Waals surface area contributed by atoms with E-state index in [0.29, 0.717) is 6.54 Å². The van der Waals surface area contributed by atoms with Gasteiger partial charge in [0.1, 0.15) is 5.75 Å². The molecule has 0 radical (unpaired) electrons. The average molecular weight is 266 g/mol. The fraction of sp³-hybridized carbons (Fsp3) is 0.176. The Labute approximate surface area is 118 Å². The van der Waals surface area contributed by atoms with Crippen molar-refractivity contribution in [3.8, 4) is 5.75 Å². The van der Waals surface area contributed by atoms with Crippen LogP contribution in [0.15, 0.2) is 54.6 Å². The fourth-order valence-electron chi connectivity index (χ4n) is 2.66. The zero-order valence-electron chi connectivity index (χ0n) is 11.5. The number of hydrogen-bond donors (Lipinski definition) is 2. The van der Waals surface area contributed by atoms with Gasteiger partial charge in [0, 0.05) is 29.2 Å². The van der Waals surface area contributed by atoms with Gasteiger partial charge in [-0.1, -0.05) is 36.4 Å². The SMILES string of the molecule is COc1ccccc1C(CN)c1cc2ccccc2[nH]1. The summed E-state index contributed by atoms with van der Waals surface area (Å²) in [6.07, 6.45) is 0. The maximum absolute atomic E-state index is 6.01. The van der Waals surface area contributed by atoms with Crippen LogP contribution in [0, 0.1) is 0 Å². The van der Waals surface area contributed by atoms with Crippen LogP contribution in [0.2, 0.25) is 0 Å². The molecule has 102 valence electrons. The van der Waals surface area contributed by atoms with Gasteiger partial charge in [0.15, 0.2) is 0 Å². The van der Waals surface area contributed by atoms with E-state index >= 15 is 0 Å². The van der Waals surface area contributed by atoms with E-state index in [4.69, 9.17) is 10.5 Å². The summed E-state index contributed by atoms with van der Waals surface area (Å²) in [5, 5.41) is 1.20. The lowest BCUT2D eigenvalue weighted by Crippen LogP contribution is -2.15. The zero-order chi connectivity index (χ0) is 13.9. The highest BCUT2D eigenvalue weighted by Gasteiger charge is 2.18. The Kier molecular flexibility index (Phi) is 3.44. The van der Waals surface area contributed by atoms with Crippen LogP contribution >= 0.6 is 0 Å². The molecule has 0 aliphatic heterocycles. The van der Waals surface area contributed by atoms with Crippen LogP contribution in [0.25, 0.3) is 10.9 Å². The van der Waals surface area contributed by atoms with Crippen molar-refractivity contribution in [1.82, 2.24) is 4.98 Å². The van der Waals surface area contributed by atoms with Crippen molar-refractivity contribution in [2.45, 2.75) is 5.92 Å². The summed E-state index contributed by atoms with van der Waals surface area (Å²) in [4.78, 5) is 3.46. The molecular weight excluding hydrogens is 248 g/mol. The molecule has 3 rings (SSSR count). The van der Waals surface area contributed by atoms with E-state index in [-0.39, 0.29) is 5.92 Å². The van der Waals surface area contributed by atoms with Gasteiger partial charge in [-0.2, -0.15) is 0 Å². The normalized spacial score (nSPS) is 12.5. The third-order valence-corrected chi connectivity index (χ3v) is 3.68. The third kappa shape index (κ3) is 2.17. The molecule has 20 heavy (non-hydrogen) atoms. The van der Waals surface area contributed by atoms with Crippen LogP contribution < -0.4 is 10.5 Å². The number of nitrogens with one attached hydrogen (secondary N) is 1. The van der Waals surface area contributed by atoms with Crippen molar-refractivity contribution < 1.29 is 4.74 Å². The fourth-order valence-corrected chi connectivity index (χ4v) is 2.66. The Bertz CT molecular complexity index is 685. The average Bonchev–Trinajstić information content (AvgIpc) is 2.92. The molecule has 1 aromatic heterocycles. The number of benzene rings is 2. The topological polar surface area (TPSA) is 51.0 Å². The Morgan fingerprint density at radius 1 is 1.10 bits per heavy atom. The largest absolute Gasteiger partial charge is 0.496 e. The van der Waals surface area contributed by atoms with Crippen molar-refractivity contribution in [2.24, 2.45) is 5.73 Å². The molecule has 0 aliphatic rings. The molecule has 0 saturated carbocycles. The van der Waals surface area contributed by atoms with Gasteiger partial charge in [0.25, 0.3) is 0 Å². The molecule has 0 aliphatic carbocycles. The second kappa shape index (κ2) is 5.39. The Morgan fingerprint density at radius 3 is 2.60 bits per heavy atom. The van der Waals surface area contributed by atoms with Gasteiger partial charge in [0.05, 0.1) is 7.11 Å². The van der Waals surface area contributed by atoms with Crippen LogP contribution in [0.5, 0.6) is 5.75 Å². The van der Waals surface area contributed by atoms with E-state index in [9.17, 15) is 0 Å². The lowest BCUT2D eigenvalue weighted by Gasteiger charge is -2.17. The second-order valence-corrected chi connectivity index (χ2v) is 4.84. The highest BCUT2D eigenvalue weighted by atomic mass is 16.5. The Balaban J connectivity index is 2.09. The number of fused-ring (bicyclic) bond motifs is 1. The second-order valence-electron chi connectivity index (χ2n) is 4.84. The standard InChI is InChI=1S/C17H18N2O/c1-20-17-9-5-3-7-13(17)14(11-18)16-10-12-6-2-4-8-15(12)19-16/h2-10,14,19H,11,18H2,1H3. The van der Waals surface area contributed by atoms with Gasteiger partial charge in [-0.15, -0.1) is 0 Å². The number of ether oxygens (including phenoxy) is 1. The van der Waals surface area contributed by atoms with Gasteiger partial charge in [0.2, 0.25) is 0 Å². The predicted molar refractivity (Wildman–Crippen MR) is 82.2 cm³/mol. The number of H-pyrrole nitrogens is 1. The molecule has 3 heteroatoms. The summed E-state index contributed by atoms with van der Waals surface area (Å²) in [5.74, 6) is 0.986. The molecule has 0 spiro atoms. The van der Waals surface area contributed by atoms with Gasteiger partial charge in [-0.25, -0.2) is 0 Å². The highest BCUT2D eigenvalue weighted by molar-refractivity contribution is 5.80. The summed E-state index contributed by atoms with van der Waals surface area (Å²) in [6.45, 7) is 0.535. The number of rotatable bonds is 4. The maximum Gasteiger partial charge on any atom is 0.122 e. The van der Waals surface area contributed by atoms with Crippen molar-refractivity contribution >= 4 is 10.9 Å². The predicted octanol–water partition coefficient (Wildman–Crippen LogP) is 3.27. The Hall–Kier alpha value is -2.26. The first-order chi connectivity index (χ1) is 9.83. The first-order valence-electron chi connectivity index (χ1n) is 6.74. The van der Waals surface area contributed by atoms with Crippen LogP contribution in [-0.2, 0) is 0 Å². The van der Waals surface area contributed by atoms with E-state index in [1.54, 1.807) is 7.11 Å². The van der Waals surface area contributed by atoms with Crippen molar-refractivity contribution in [1.29, 1.82) is 0 Å². The van der Waals surface area contributed by atoms with E-state index < -0.39 is 0 Å². The first kappa shape index (κ1) is 12.8. The number of aromatic amines is 1. The van der Waals surface area contributed by atoms with Crippen LogP contribution in [-0.4, -0.2) is 18.6 Å². The summed E-state index contributed by atoms with van der Waals surface area (Å²) in [7, 11) is 1.69. The molecule has 1 unspecified atom stereocenters. The lowest BCUT2D eigenvalue weighted by atomic mass is 9.95. The molecule has 1 atom stereocenters. The summed E-state index contributed by atoms with van der Waals surface area (Å²) in [5.41, 5.74) is 9.38. The Morgan fingerprint density at radius 2 is 1.85 bits per heavy atom. The monoisotopic (exact) mass is 266 g/mol. The minimum absolute atomic E-state index is 0.110. The van der Waals surface area contributed by atoms with Gasteiger partial charge < -0.3 is 15.5 Å². The number of aromatic nitrogens is 1. The molecule has 0 saturated heterocycles. The van der Waals surface area contributed by atoms with E-state index in [2.05, 4.69) is 29.2 Å². The van der Waals surface area contributed by atoms with E-state index in [1.165, 1.54) is 5.39 Å². The number of hydrogen-bond acceptors (Lipinski definition) is 2. The molecule has 0 fully saturated rings. The highest BCUT2D eigenvalue weighted by Crippen LogP contribution is 2.32. The molecule has 3 nitrogen and oxygen atoms in total. The quantitative estimate of drug-likeness (QED) is 0.761. The van der Waals surface area contributed by atoms with Gasteiger partial charge >= 0.3 is 0 Å². The third-order valence-electron chi connectivity index (χ3n) is 3.68. The smallest absolute Gasteiger partial charge is 0.122 e. The number of para-hydroxylation sites is 2. The van der Waals surface area contributed by atoms with Crippen molar-refractivity contribution in [2.75, 3.05) is 13.7 Å². The number of nitrogens with two attached hydrogens (primary N) is 1. The van der Waals surface area contributed by atoms with Crippen LogP contribution in [0.1, 0.15) is 17.2 Å². The molecule has 0 amide bonds. The van der Waals surface area contributed by atoms with Crippen molar-refractivity contribution in [3.05, 3.63) is 65.9 Å². The molecule has 3 N–H and O–H groups in total. The summed E-state index contributed by atoms with van der Waals surface area (Å²) in [6, 6.07) is 18.5. The van der Waals surface area contributed by atoms with Crippen molar-refractivity contribution in [3.63, 3.8) is 0 Å². The van der Waals surface area contributed by atoms with E-state index in [0.717, 1.165) is 22.5 Å². The van der Waals surface area contributed by atoms with Gasteiger partial charge in [-0.3, -0.25) is 0 Å². The lowest BCUT2D eigenvalue weighted by molar-refractivity contribution is 0.407. The molecular formula is C17H18N2O. The maximum atomic E-state index is 6.01. The number of methoxy groups -OCH3 is 1. The first-order valence-corrected chi connectivity index (χ1v) is 6.74. The summed E-state index contributed by atoms with van der Waals surface area (Å²) < 4.78 is 5.45.